The average Bonchev–Trinajstić information content (AvgIpc) is 3.12. The van der Waals surface area contributed by atoms with E-state index in [2.05, 4.69) is 105 Å². The standard InChI is InChI=1S/C29H34N2O/c1-5-30(6-2)19-25(32)20-31-28-22(4)17-21(3)18-26(28)27(23-13-9-7-10-14-23)29(31)24-15-11-8-12-16-24/h7-18,25,32H,5-6,19-20H2,1-4H3/p+1. The molecule has 1 heterocycles. The molecule has 1 atom stereocenters. The van der Waals surface area contributed by atoms with Gasteiger partial charge in [0.2, 0.25) is 0 Å². The number of nitrogens with zero attached hydrogens (tertiary/aromatic N) is 1. The fraction of sp³-hybridized carbons (Fsp3) is 0.310. The van der Waals surface area contributed by atoms with Gasteiger partial charge in [0, 0.05) is 10.9 Å². The molecule has 2 N–H and O–H groups in total. The predicted octanol–water partition coefficient (Wildman–Crippen LogP) is 4.88. The van der Waals surface area contributed by atoms with Crippen molar-refractivity contribution < 1.29 is 10.0 Å². The van der Waals surface area contributed by atoms with Gasteiger partial charge in [-0.25, -0.2) is 0 Å². The molecule has 0 saturated carbocycles. The number of aryl methyl sites for hydroxylation is 2. The van der Waals surface area contributed by atoms with Gasteiger partial charge in [0.25, 0.3) is 0 Å². The Kier molecular flexibility index (Phi) is 6.78. The van der Waals surface area contributed by atoms with Crippen LogP contribution in [0.2, 0.25) is 0 Å². The van der Waals surface area contributed by atoms with E-state index in [1.807, 2.05) is 0 Å². The number of aromatic nitrogens is 1. The van der Waals surface area contributed by atoms with E-state index in [4.69, 9.17) is 0 Å². The summed E-state index contributed by atoms with van der Waals surface area (Å²) in [5.41, 5.74) is 8.57. The van der Waals surface area contributed by atoms with Crippen molar-refractivity contribution in [3.05, 3.63) is 83.9 Å². The summed E-state index contributed by atoms with van der Waals surface area (Å²) in [6.07, 6.45) is -0.410. The number of likely N-dealkylation sites (N-methyl/N-ethyl adjacent to an activating group) is 1. The third-order valence-electron chi connectivity index (χ3n) is 6.52. The molecule has 3 nitrogen and oxygen atoms in total. The Hall–Kier alpha value is -2.88. The van der Waals surface area contributed by atoms with Gasteiger partial charge in [0.05, 0.1) is 30.8 Å². The molecule has 1 aromatic heterocycles. The summed E-state index contributed by atoms with van der Waals surface area (Å²) in [7, 11) is 0. The smallest absolute Gasteiger partial charge is 0.121 e. The molecule has 0 radical (unpaired) electrons. The van der Waals surface area contributed by atoms with Gasteiger partial charge in [-0.3, -0.25) is 0 Å². The first kappa shape index (κ1) is 22.3. The lowest BCUT2D eigenvalue weighted by Crippen LogP contribution is -3.12. The fourth-order valence-electron chi connectivity index (χ4n) is 5.01. The molecule has 0 spiro atoms. The molecule has 166 valence electrons. The summed E-state index contributed by atoms with van der Waals surface area (Å²) in [5.74, 6) is 0. The van der Waals surface area contributed by atoms with Gasteiger partial charge in [0.15, 0.2) is 0 Å². The van der Waals surface area contributed by atoms with Gasteiger partial charge in [-0.1, -0.05) is 72.3 Å². The number of aliphatic hydroxyl groups excluding tert-OH is 1. The Morgan fingerprint density at radius 1 is 0.844 bits per heavy atom. The molecule has 0 aliphatic rings. The third-order valence-corrected chi connectivity index (χ3v) is 6.52. The normalized spacial score (nSPS) is 12.6. The van der Waals surface area contributed by atoms with Crippen molar-refractivity contribution >= 4 is 10.9 Å². The first-order chi connectivity index (χ1) is 15.5. The van der Waals surface area contributed by atoms with Crippen LogP contribution in [0.15, 0.2) is 72.8 Å². The van der Waals surface area contributed by atoms with E-state index >= 15 is 0 Å². The number of quaternary nitrogens is 1. The molecular formula is C29H35N2O+. The monoisotopic (exact) mass is 427 g/mol. The van der Waals surface area contributed by atoms with E-state index in [1.54, 1.807) is 0 Å². The minimum Gasteiger partial charge on any atom is -0.385 e. The topological polar surface area (TPSA) is 29.6 Å². The Labute approximate surface area is 191 Å². The first-order valence-electron chi connectivity index (χ1n) is 11.8. The zero-order chi connectivity index (χ0) is 22.7. The van der Waals surface area contributed by atoms with Crippen molar-refractivity contribution in [3.8, 4) is 22.4 Å². The molecule has 32 heavy (non-hydrogen) atoms. The van der Waals surface area contributed by atoms with Gasteiger partial charge in [-0.05, 0) is 50.5 Å². The molecule has 0 amide bonds. The zero-order valence-corrected chi connectivity index (χ0v) is 19.7. The quantitative estimate of drug-likeness (QED) is 0.412. The molecule has 0 saturated heterocycles. The minimum atomic E-state index is -0.410. The highest BCUT2D eigenvalue weighted by Crippen LogP contribution is 2.42. The number of hydrogen-bond acceptors (Lipinski definition) is 1. The third kappa shape index (κ3) is 4.36. The lowest BCUT2D eigenvalue weighted by molar-refractivity contribution is -0.899. The predicted molar refractivity (Wildman–Crippen MR) is 135 cm³/mol. The molecule has 0 aliphatic carbocycles. The van der Waals surface area contributed by atoms with E-state index in [1.165, 1.54) is 49.3 Å². The molecule has 3 heteroatoms. The van der Waals surface area contributed by atoms with Crippen LogP contribution in [0.25, 0.3) is 33.3 Å². The lowest BCUT2D eigenvalue weighted by atomic mass is 9.97. The highest BCUT2D eigenvalue weighted by Gasteiger charge is 2.24. The summed E-state index contributed by atoms with van der Waals surface area (Å²) in [5, 5.41) is 12.4. The highest BCUT2D eigenvalue weighted by molar-refractivity contribution is 6.06. The van der Waals surface area contributed by atoms with Gasteiger partial charge >= 0.3 is 0 Å². The van der Waals surface area contributed by atoms with Crippen LogP contribution in [0.3, 0.4) is 0 Å². The lowest BCUT2D eigenvalue weighted by Gasteiger charge is -2.22. The largest absolute Gasteiger partial charge is 0.385 e. The summed E-state index contributed by atoms with van der Waals surface area (Å²) in [6.45, 7) is 12.1. The number of benzene rings is 3. The van der Waals surface area contributed by atoms with Gasteiger partial charge in [-0.15, -0.1) is 0 Å². The molecule has 0 fully saturated rings. The number of fused-ring (bicyclic) bond motifs is 1. The van der Waals surface area contributed by atoms with Crippen LogP contribution < -0.4 is 4.90 Å². The second kappa shape index (κ2) is 9.72. The van der Waals surface area contributed by atoms with Crippen LogP contribution in [0.4, 0.5) is 0 Å². The number of rotatable bonds is 8. The number of nitrogens with one attached hydrogen (secondary N) is 1. The Bertz CT molecular complexity index is 1170. The second-order valence-corrected chi connectivity index (χ2v) is 8.86. The minimum absolute atomic E-state index is 0.410. The van der Waals surface area contributed by atoms with Gasteiger partial charge in [-0.2, -0.15) is 0 Å². The fourth-order valence-corrected chi connectivity index (χ4v) is 5.01. The summed E-state index contributed by atoms with van der Waals surface area (Å²) >= 11 is 0. The van der Waals surface area contributed by atoms with Crippen molar-refractivity contribution in [3.63, 3.8) is 0 Å². The van der Waals surface area contributed by atoms with E-state index in [-0.39, 0.29) is 0 Å². The van der Waals surface area contributed by atoms with Gasteiger partial charge < -0.3 is 14.6 Å². The van der Waals surface area contributed by atoms with Crippen molar-refractivity contribution in [2.45, 2.75) is 40.3 Å². The average molecular weight is 428 g/mol. The number of hydrogen-bond donors (Lipinski definition) is 2. The summed E-state index contributed by atoms with van der Waals surface area (Å²) in [6, 6.07) is 25.8. The van der Waals surface area contributed by atoms with Crippen molar-refractivity contribution in [2.75, 3.05) is 19.6 Å². The molecule has 4 aromatic rings. The van der Waals surface area contributed by atoms with E-state index in [0.717, 1.165) is 19.6 Å². The molecule has 3 aromatic carbocycles. The molecule has 1 unspecified atom stereocenters. The SMILES string of the molecule is CC[NH+](CC)CC(O)Cn1c(-c2ccccc2)c(-c2ccccc2)c2cc(C)cc(C)c21. The first-order valence-corrected chi connectivity index (χ1v) is 11.8. The zero-order valence-electron chi connectivity index (χ0n) is 19.7. The maximum absolute atomic E-state index is 11.1. The Balaban J connectivity index is 1.99. The summed E-state index contributed by atoms with van der Waals surface area (Å²) < 4.78 is 2.37. The van der Waals surface area contributed by atoms with Crippen LogP contribution in [0.1, 0.15) is 25.0 Å². The van der Waals surface area contributed by atoms with Crippen LogP contribution in [0.5, 0.6) is 0 Å². The molecule has 0 aliphatic heterocycles. The highest BCUT2D eigenvalue weighted by atomic mass is 16.3. The molecule has 4 rings (SSSR count). The van der Waals surface area contributed by atoms with E-state index in [0.29, 0.717) is 6.54 Å². The van der Waals surface area contributed by atoms with E-state index in [9.17, 15) is 5.11 Å². The number of aliphatic hydroxyl groups is 1. The van der Waals surface area contributed by atoms with Crippen molar-refractivity contribution in [1.29, 1.82) is 0 Å². The van der Waals surface area contributed by atoms with Gasteiger partial charge in [0.1, 0.15) is 12.6 Å². The maximum Gasteiger partial charge on any atom is 0.121 e. The van der Waals surface area contributed by atoms with Crippen LogP contribution in [0, 0.1) is 13.8 Å². The van der Waals surface area contributed by atoms with Crippen LogP contribution >= 0.6 is 0 Å². The molecular weight excluding hydrogens is 392 g/mol. The Morgan fingerprint density at radius 2 is 1.44 bits per heavy atom. The van der Waals surface area contributed by atoms with E-state index < -0.39 is 6.10 Å². The van der Waals surface area contributed by atoms with Crippen LogP contribution in [-0.2, 0) is 6.54 Å². The molecule has 0 bridgehead atoms. The maximum atomic E-state index is 11.1. The second-order valence-electron chi connectivity index (χ2n) is 8.86. The van der Waals surface area contributed by atoms with Crippen molar-refractivity contribution in [1.82, 2.24) is 4.57 Å². The van der Waals surface area contributed by atoms with Crippen LogP contribution in [-0.4, -0.2) is 35.4 Å². The Morgan fingerprint density at radius 3 is 2.03 bits per heavy atom. The summed E-state index contributed by atoms with van der Waals surface area (Å²) in [4.78, 5) is 1.42. The van der Waals surface area contributed by atoms with Crippen molar-refractivity contribution in [2.24, 2.45) is 0 Å².